The van der Waals surface area contributed by atoms with Crippen molar-refractivity contribution in [2.45, 2.75) is 50.4 Å². The van der Waals surface area contributed by atoms with E-state index in [0.717, 1.165) is 28.0 Å². The van der Waals surface area contributed by atoms with Crippen LogP contribution >= 0.6 is 35.3 Å². The standard InChI is InChI=1S/C12H18ClN3S.ClH/c1-16(7-12-14-6-11(13)17-12)10-4-8-2-3-9(5-10)15-8;/h6,8-10,15H,2-5,7H2,1H3;1H. The lowest BCUT2D eigenvalue weighted by Crippen LogP contribution is -2.46. The van der Waals surface area contributed by atoms with Gasteiger partial charge in [0, 0.05) is 18.1 Å². The van der Waals surface area contributed by atoms with Gasteiger partial charge in [-0.15, -0.1) is 23.7 Å². The van der Waals surface area contributed by atoms with Gasteiger partial charge in [-0.25, -0.2) is 4.98 Å². The largest absolute Gasteiger partial charge is 0.311 e. The average molecular weight is 308 g/mol. The molecule has 2 saturated heterocycles. The van der Waals surface area contributed by atoms with Crippen LogP contribution < -0.4 is 5.32 Å². The van der Waals surface area contributed by atoms with Crippen LogP contribution in [0.4, 0.5) is 0 Å². The van der Waals surface area contributed by atoms with Crippen LogP contribution in [0.5, 0.6) is 0 Å². The van der Waals surface area contributed by atoms with Gasteiger partial charge in [-0.2, -0.15) is 0 Å². The van der Waals surface area contributed by atoms with E-state index in [-0.39, 0.29) is 12.4 Å². The lowest BCUT2D eigenvalue weighted by molar-refractivity contribution is 0.166. The summed E-state index contributed by atoms with van der Waals surface area (Å²) in [5.41, 5.74) is 0. The maximum Gasteiger partial charge on any atom is 0.113 e. The highest BCUT2D eigenvalue weighted by molar-refractivity contribution is 7.15. The number of hydrogen-bond acceptors (Lipinski definition) is 4. The lowest BCUT2D eigenvalue weighted by Gasteiger charge is -2.35. The first kappa shape index (κ1) is 14.5. The fourth-order valence-electron chi connectivity index (χ4n) is 3.09. The van der Waals surface area contributed by atoms with Crippen molar-refractivity contribution in [3.8, 4) is 0 Å². The Morgan fingerprint density at radius 1 is 1.44 bits per heavy atom. The Labute approximate surface area is 123 Å². The van der Waals surface area contributed by atoms with Crippen molar-refractivity contribution in [3.05, 3.63) is 15.5 Å². The summed E-state index contributed by atoms with van der Waals surface area (Å²) in [5, 5.41) is 4.81. The van der Waals surface area contributed by atoms with Crippen molar-refractivity contribution in [1.82, 2.24) is 15.2 Å². The molecule has 3 heterocycles. The van der Waals surface area contributed by atoms with E-state index in [4.69, 9.17) is 11.6 Å². The number of nitrogens with zero attached hydrogens (tertiary/aromatic N) is 2. The molecule has 2 bridgehead atoms. The van der Waals surface area contributed by atoms with Gasteiger partial charge in [0.15, 0.2) is 0 Å². The van der Waals surface area contributed by atoms with Gasteiger partial charge in [-0.3, -0.25) is 4.90 Å². The van der Waals surface area contributed by atoms with Gasteiger partial charge in [-0.05, 0) is 32.7 Å². The topological polar surface area (TPSA) is 28.2 Å². The number of nitrogens with one attached hydrogen (secondary N) is 1. The predicted octanol–water partition coefficient (Wildman–Crippen LogP) is 2.93. The monoisotopic (exact) mass is 307 g/mol. The molecule has 2 atom stereocenters. The van der Waals surface area contributed by atoms with Crippen LogP contribution in [0.3, 0.4) is 0 Å². The molecule has 0 radical (unpaired) electrons. The molecule has 3 nitrogen and oxygen atoms in total. The van der Waals surface area contributed by atoms with E-state index >= 15 is 0 Å². The number of thiazole rings is 1. The van der Waals surface area contributed by atoms with E-state index in [0.29, 0.717) is 6.04 Å². The minimum Gasteiger partial charge on any atom is -0.311 e. The van der Waals surface area contributed by atoms with Gasteiger partial charge in [-0.1, -0.05) is 11.6 Å². The van der Waals surface area contributed by atoms with Crippen molar-refractivity contribution in [3.63, 3.8) is 0 Å². The molecule has 0 amide bonds. The molecular formula is C12H19Cl2N3S. The summed E-state index contributed by atoms with van der Waals surface area (Å²) in [7, 11) is 2.21. The molecule has 0 aromatic carbocycles. The Morgan fingerprint density at radius 2 is 2.11 bits per heavy atom. The molecule has 0 aliphatic carbocycles. The van der Waals surface area contributed by atoms with E-state index in [9.17, 15) is 0 Å². The van der Waals surface area contributed by atoms with Crippen molar-refractivity contribution in [2.75, 3.05) is 7.05 Å². The van der Waals surface area contributed by atoms with Crippen LogP contribution in [0.2, 0.25) is 4.34 Å². The van der Waals surface area contributed by atoms with Gasteiger partial charge in [0.1, 0.15) is 9.34 Å². The van der Waals surface area contributed by atoms with Gasteiger partial charge in [0.2, 0.25) is 0 Å². The highest BCUT2D eigenvalue weighted by atomic mass is 35.5. The van der Waals surface area contributed by atoms with E-state index in [2.05, 4.69) is 22.2 Å². The molecule has 2 unspecified atom stereocenters. The van der Waals surface area contributed by atoms with E-state index in [1.54, 1.807) is 17.5 Å². The Bertz CT molecular complexity index is 386. The first-order valence-corrected chi connectivity index (χ1v) is 7.46. The maximum absolute atomic E-state index is 5.91. The number of halogens is 2. The summed E-state index contributed by atoms with van der Waals surface area (Å²) >= 11 is 7.51. The molecule has 1 aromatic heterocycles. The Hall–Kier alpha value is 0.130. The molecule has 2 fully saturated rings. The fourth-order valence-corrected chi connectivity index (χ4v) is 4.11. The number of fused-ring (bicyclic) bond motifs is 2. The molecule has 3 rings (SSSR count). The molecule has 18 heavy (non-hydrogen) atoms. The summed E-state index contributed by atoms with van der Waals surface area (Å²) in [4.78, 5) is 6.78. The van der Waals surface area contributed by atoms with Crippen LogP contribution in [-0.2, 0) is 6.54 Å². The average Bonchev–Trinajstić information content (AvgIpc) is 2.85. The van der Waals surface area contributed by atoms with E-state index in [1.165, 1.54) is 25.7 Å². The first-order chi connectivity index (χ1) is 8.20. The molecule has 102 valence electrons. The smallest absolute Gasteiger partial charge is 0.113 e. The number of rotatable bonds is 3. The number of aromatic nitrogens is 1. The van der Waals surface area contributed by atoms with Crippen LogP contribution in [-0.4, -0.2) is 35.1 Å². The SMILES string of the molecule is CN(Cc1ncc(Cl)s1)C1CC2CCC(C1)N2.Cl. The molecule has 1 N–H and O–H groups in total. The minimum atomic E-state index is 0. The molecular weight excluding hydrogens is 289 g/mol. The second-order valence-corrected chi connectivity index (χ2v) is 6.98. The fraction of sp³-hybridized carbons (Fsp3) is 0.750. The van der Waals surface area contributed by atoms with Crippen molar-refractivity contribution >= 4 is 35.3 Å². The molecule has 1 aromatic rings. The van der Waals surface area contributed by atoms with Crippen molar-refractivity contribution in [2.24, 2.45) is 0 Å². The zero-order valence-corrected chi connectivity index (χ0v) is 12.8. The molecule has 0 spiro atoms. The third-order valence-electron chi connectivity index (χ3n) is 3.98. The third kappa shape index (κ3) is 3.17. The third-order valence-corrected chi connectivity index (χ3v) is 5.08. The van der Waals surface area contributed by atoms with Crippen LogP contribution in [0.15, 0.2) is 6.20 Å². The van der Waals surface area contributed by atoms with Gasteiger partial charge < -0.3 is 5.32 Å². The van der Waals surface area contributed by atoms with Crippen molar-refractivity contribution in [1.29, 1.82) is 0 Å². The van der Waals surface area contributed by atoms with Crippen molar-refractivity contribution < 1.29 is 0 Å². The summed E-state index contributed by atoms with van der Waals surface area (Å²) in [5.74, 6) is 0. The zero-order chi connectivity index (χ0) is 11.8. The lowest BCUT2D eigenvalue weighted by atomic mass is 9.99. The van der Waals surface area contributed by atoms with Gasteiger partial charge in [0.05, 0.1) is 12.7 Å². The minimum absolute atomic E-state index is 0. The predicted molar refractivity (Wildman–Crippen MR) is 78.8 cm³/mol. The Kier molecular flexibility index (Phi) is 4.89. The summed E-state index contributed by atoms with van der Waals surface area (Å²) in [6.45, 7) is 0.932. The summed E-state index contributed by atoms with van der Waals surface area (Å²) in [6, 6.07) is 2.21. The second-order valence-electron chi connectivity index (χ2n) is 5.24. The molecule has 2 aliphatic rings. The van der Waals surface area contributed by atoms with E-state index in [1.807, 2.05) is 0 Å². The van der Waals surface area contributed by atoms with Gasteiger partial charge in [0.25, 0.3) is 0 Å². The molecule has 0 saturated carbocycles. The normalized spacial score (nSPS) is 30.5. The molecule has 6 heteroatoms. The van der Waals surface area contributed by atoms with E-state index < -0.39 is 0 Å². The Balaban J connectivity index is 0.00000120. The highest BCUT2D eigenvalue weighted by Crippen LogP contribution is 2.30. The quantitative estimate of drug-likeness (QED) is 0.930. The van der Waals surface area contributed by atoms with Crippen LogP contribution in [0.25, 0.3) is 0 Å². The Morgan fingerprint density at radius 3 is 2.67 bits per heavy atom. The van der Waals surface area contributed by atoms with Gasteiger partial charge >= 0.3 is 0 Å². The zero-order valence-electron chi connectivity index (χ0n) is 10.4. The van der Waals surface area contributed by atoms with Crippen LogP contribution in [0, 0.1) is 0 Å². The number of piperidine rings is 1. The maximum atomic E-state index is 5.91. The van der Waals surface area contributed by atoms with Crippen LogP contribution in [0.1, 0.15) is 30.7 Å². The summed E-state index contributed by atoms with van der Waals surface area (Å²) < 4.78 is 0.791. The molecule has 2 aliphatic heterocycles. The number of hydrogen-bond donors (Lipinski definition) is 1. The summed E-state index contributed by atoms with van der Waals surface area (Å²) in [6.07, 6.45) is 7.04. The highest BCUT2D eigenvalue weighted by Gasteiger charge is 2.35. The first-order valence-electron chi connectivity index (χ1n) is 6.27. The second kappa shape index (κ2) is 6.06.